The molecule has 2 bridgehead atoms. The Balaban J connectivity index is 1.37. The van der Waals surface area contributed by atoms with Gasteiger partial charge in [0, 0.05) is 44.2 Å². The summed E-state index contributed by atoms with van der Waals surface area (Å²) in [5, 5.41) is 22.6. The maximum Gasteiger partial charge on any atom is 0.320 e. The smallest absolute Gasteiger partial charge is 0.320 e. The summed E-state index contributed by atoms with van der Waals surface area (Å²) in [4.78, 5) is 33.2. The quantitative estimate of drug-likeness (QED) is 0.293. The van der Waals surface area contributed by atoms with Gasteiger partial charge in [-0.15, -0.1) is 0 Å². The van der Waals surface area contributed by atoms with Crippen LogP contribution in [-0.4, -0.2) is 119 Å². The number of carbonyl (C=O) groups is 2. The van der Waals surface area contributed by atoms with Crippen LogP contribution >= 0.6 is 0 Å². The van der Waals surface area contributed by atoms with E-state index in [0.717, 1.165) is 38.8 Å². The van der Waals surface area contributed by atoms with Gasteiger partial charge in [0.1, 0.15) is 6.17 Å². The van der Waals surface area contributed by atoms with E-state index in [1.807, 2.05) is 6.92 Å². The van der Waals surface area contributed by atoms with Crippen molar-refractivity contribution < 1.29 is 14.0 Å². The molecule has 0 aromatic heterocycles. The summed E-state index contributed by atoms with van der Waals surface area (Å²) in [6.07, 6.45) is 4.03. The highest BCUT2D eigenvalue weighted by molar-refractivity contribution is 5.87. The van der Waals surface area contributed by atoms with Gasteiger partial charge in [-0.25, -0.2) is 19.6 Å². The van der Waals surface area contributed by atoms with Gasteiger partial charge in [-0.2, -0.15) is 10.8 Å². The number of rotatable bonds is 4. The highest BCUT2D eigenvalue weighted by Gasteiger charge is 2.57. The monoisotopic (exact) mass is 614 g/mol. The molecular formula is C31H51FN10O2. The molecular weight excluding hydrogens is 563 g/mol. The van der Waals surface area contributed by atoms with Crippen LogP contribution in [0.1, 0.15) is 59.3 Å². The number of amides is 3. The third-order valence-corrected chi connectivity index (χ3v) is 11.3. The first-order valence-electron chi connectivity index (χ1n) is 16.8. The molecule has 44 heavy (non-hydrogen) atoms. The fourth-order valence-corrected chi connectivity index (χ4v) is 9.14. The van der Waals surface area contributed by atoms with E-state index in [1.54, 1.807) is 4.90 Å². The Morgan fingerprint density at radius 2 is 2.05 bits per heavy atom. The number of nitrogens with one attached hydrogen (secondary N) is 5. The Labute approximate surface area is 261 Å². The Bertz CT molecular complexity index is 1120. The largest absolute Gasteiger partial charge is 0.332 e. The van der Waals surface area contributed by atoms with Gasteiger partial charge in [-0.3, -0.25) is 15.0 Å². The molecule has 6 saturated heterocycles. The molecule has 0 radical (unpaired) electrons. The summed E-state index contributed by atoms with van der Waals surface area (Å²) >= 11 is 0. The van der Waals surface area contributed by atoms with Crippen molar-refractivity contribution in [3.05, 3.63) is 12.7 Å². The molecule has 0 aliphatic carbocycles. The minimum absolute atomic E-state index is 0.0114. The van der Waals surface area contributed by atoms with Gasteiger partial charge in [0.25, 0.3) is 0 Å². The number of hydrogen-bond acceptors (Lipinski definition) is 9. The summed E-state index contributed by atoms with van der Waals surface area (Å²) in [7, 11) is 0. The molecule has 0 saturated carbocycles. The second kappa shape index (κ2) is 13.2. The minimum atomic E-state index is -1.11. The zero-order valence-electron chi connectivity index (χ0n) is 26.4. The molecule has 5 N–H and O–H groups in total. The Kier molecular flexibility index (Phi) is 9.48. The van der Waals surface area contributed by atoms with Crippen molar-refractivity contribution in [2.75, 3.05) is 32.7 Å². The van der Waals surface area contributed by atoms with E-state index >= 15 is 4.39 Å². The lowest BCUT2D eigenvalue weighted by atomic mass is 9.75. The predicted molar refractivity (Wildman–Crippen MR) is 164 cm³/mol. The number of piperazine rings is 1. The number of fused-ring (bicyclic) bond motifs is 5. The van der Waals surface area contributed by atoms with Crippen LogP contribution in [0.25, 0.3) is 0 Å². The van der Waals surface area contributed by atoms with Crippen LogP contribution in [0.4, 0.5) is 9.18 Å². The minimum Gasteiger partial charge on any atom is -0.332 e. The molecule has 0 aromatic rings. The summed E-state index contributed by atoms with van der Waals surface area (Å²) < 4.78 is 16.5. The lowest BCUT2D eigenvalue weighted by molar-refractivity contribution is -0.137. The molecule has 3 amide bonds. The first kappa shape index (κ1) is 31.6. The van der Waals surface area contributed by atoms with Crippen LogP contribution in [0.15, 0.2) is 12.7 Å². The lowest BCUT2D eigenvalue weighted by Gasteiger charge is -2.60. The van der Waals surface area contributed by atoms with E-state index in [0.29, 0.717) is 37.9 Å². The summed E-state index contributed by atoms with van der Waals surface area (Å²) in [6, 6.07) is 1.30. The Morgan fingerprint density at radius 1 is 1.23 bits per heavy atom. The van der Waals surface area contributed by atoms with Crippen LogP contribution in [-0.2, 0) is 4.79 Å². The summed E-state index contributed by atoms with van der Waals surface area (Å²) in [5.41, 5.74) is 6.51. The van der Waals surface area contributed by atoms with Gasteiger partial charge in [0.15, 0.2) is 0 Å². The van der Waals surface area contributed by atoms with Crippen molar-refractivity contribution in [3.63, 3.8) is 0 Å². The van der Waals surface area contributed by atoms with Crippen molar-refractivity contribution in [3.8, 4) is 6.07 Å². The highest BCUT2D eigenvalue weighted by atomic mass is 19.1. The van der Waals surface area contributed by atoms with Crippen molar-refractivity contribution >= 4 is 11.9 Å². The van der Waals surface area contributed by atoms with Gasteiger partial charge < -0.3 is 20.4 Å². The molecule has 6 rings (SSSR count). The summed E-state index contributed by atoms with van der Waals surface area (Å²) in [6.45, 7) is 13.4. The van der Waals surface area contributed by atoms with Crippen molar-refractivity contribution in [1.82, 2.24) is 46.6 Å². The van der Waals surface area contributed by atoms with Crippen molar-refractivity contribution in [2.24, 2.45) is 17.8 Å². The molecule has 13 heteroatoms. The number of nitrogens with zero attached hydrogens (tertiary/aromatic N) is 5. The van der Waals surface area contributed by atoms with Gasteiger partial charge in [-0.05, 0) is 57.1 Å². The molecule has 6 aliphatic rings. The topological polar surface area (TPSA) is 131 Å². The number of hydrogen-bond donors (Lipinski definition) is 5. The molecule has 11 unspecified atom stereocenters. The van der Waals surface area contributed by atoms with Gasteiger partial charge in [0.05, 0.1) is 49.0 Å². The number of alkyl halides is 1. The molecule has 6 fully saturated rings. The first-order chi connectivity index (χ1) is 21.2. The molecule has 0 spiro atoms. The second-order valence-electron chi connectivity index (χ2n) is 14.1. The van der Waals surface area contributed by atoms with E-state index in [-0.39, 0.29) is 60.7 Å². The molecule has 0 aromatic carbocycles. The zero-order chi connectivity index (χ0) is 31.1. The highest BCUT2D eigenvalue weighted by Crippen LogP contribution is 2.41. The van der Waals surface area contributed by atoms with Crippen LogP contribution in [0.2, 0.25) is 0 Å². The first-order valence-corrected chi connectivity index (χ1v) is 16.8. The molecule has 12 nitrogen and oxygen atoms in total. The van der Waals surface area contributed by atoms with E-state index < -0.39 is 18.4 Å². The average Bonchev–Trinajstić information content (AvgIpc) is 3.47. The van der Waals surface area contributed by atoms with Gasteiger partial charge in [0.2, 0.25) is 5.91 Å². The molecule has 244 valence electrons. The number of urea groups is 1. The number of piperidine rings is 2. The third kappa shape index (κ3) is 5.74. The Morgan fingerprint density at radius 3 is 2.80 bits per heavy atom. The number of hydrazine groups is 2. The van der Waals surface area contributed by atoms with E-state index in [2.05, 4.69) is 68.2 Å². The number of carbonyl (C=O) groups excluding carboxylic acids is 2. The van der Waals surface area contributed by atoms with Crippen LogP contribution in [0, 0.1) is 29.1 Å². The number of nitriles is 1. The Hall–Kier alpha value is -2.34. The van der Waals surface area contributed by atoms with E-state index in [9.17, 15) is 14.9 Å². The molecule has 11 atom stereocenters. The average molecular weight is 615 g/mol. The lowest BCUT2D eigenvalue weighted by Crippen LogP contribution is -2.80. The van der Waals surface area contributed by atoms with Gasteiger partial charge >= 0.3 is 6.03 Å². The fourth-order valence-electron chi connectivity index (χ4n) is 9.14. The SMILES string of the molecule is C=CC(=O)N1CC(C)N(C2NC(=O)N3C4NC(C(F)CC24)C2CNNN2CCCCC2CCNC(C(C)C)C23)CC1CC#N. The fraction of sp³-hybridized carbons (Fsp3) is 0.839. The standard InChI is InChI=1S/C31H51FN10O2/c1-5-25(43)40-16-19(4)39(17-21(40)9-11-33)29-22-14-23(32)27-24-15-35-38-41(24)13-7-6-8-20-10-12-34-26(18(2)3)28(20)42(30(22)36-27)31(44)37-29/h5,18-24,26-30,34-36,38H,1,6-10,12-17H2,2-4H3,(H,37,44). The predicted octanol–water partition coefficient (Wildman–Crippen LogP) is 0.861. The third-order valence-electron chi connectivity index (χ3n) is 11.3. The second-order valence-corrected chi connectivity index (χ2v) is 14.1. The van der Waals surface area contributed by atoms with Crippen LogP contribution in [0.3, 0.4) is 0 Å². The number of halogens is 1. The van der Waals surface area contributed by atoms with Crippen LogP contribution in [0.5, 0.6) is 0 Å². The van der Waals surface area contributed by atoms with Crippen molar-refractivity contribution in [2.45, 2.75) is 114 Å². The normalized spacial score (nSPS) is 41.9. The molecule has 6 aliphatic heterocycles. The maximum absolute atomic E-state index is 16.5. The van der Waals surface area contributed by atoms with E-state index in [1.165, 1.54) is 6.08 Å². The van der Waals surface area contributed by atoms with Crippen LogP contribution < -0.4 is 26.9 Å². The zero-order valence-corrected chi connectivity index (χ0v) is 26.4. The van der Waals surface area contributed by atoms with E-state index in [4.69, 9.17) is 0 Å². The maximum atomic E-state index is 16.5. The van der Waals surface area contributed by atoms with Gasteiger partial charge in [-0.1, -0.05) is 26.8 Å². The summed E-state index contributed by atoms with van der Waals surface area (Å²) in [5.74, 6) is 0.260. The molecule has 6 heterocycles. The van der Waals surface area contributed by atoms with Crippen molar-refractivity contribution in [1.29, 1.82) is 5.26 Å².